The van der Waals surface area contributed by atoms with Crippen LogP contribution in [0.15, 0.2) is 36.4 Å². The highest BCUT2D eigenvalue weighted by Gasteiger charge is 2.25. The van der Waals surface area contributed by atoms with E-state index in [0.717, 1.165) is 30.9 Å². The molecule has 1 atom stereocenters. The second kappa shape index (κ2) is 7.83. The Hall–Kier alpha value is -2.83. The summed E-state index contributed by atoms with van der Waals surface area (Å²) in [6.45, 7) is 2.44. The van der Waals surface area contributed by atoms with E-state index < -0.39 is 0 Å². The van der Waals surface area contributed by atoms with E-state index in [-0.39, 0.29) is 5.91 Å². The second-order valence-electron chi connectivity index (χ2n) is 5.94. The summed E-state index contributed by atoms with van der Waals surface area (Å²) in [5, 5.41) is 10.6. The Morgan fingerprint density at radius 3 is 2.76 bits per heavy atom. The highest BCUT2D eigenvalue weighted by Crippen LogP contribution is 2.31. The molecule has 1 aromatic carbocycles. The number of ether oxygens (including phenoxy) is 2. The van der Waals surface area contributed by atoms with Crippen molar-refractivity contribution in [2.75, 3.05) is 38.8 Å². The summed E-state index contributed by atoms with van der Waals surface area (Å²) >= 11 is 0. The first kappa shape index (κ1) is 17.0. The fraction of sp³-hybridized carbons (Fsp3) is 0.389. The van der Waals surface area contributed by atoms with Gasteiger partial charge in [0.1, 0.15) is 5.75 Å². The van der Waals surface area contributed by atoms with Crippen molar-refractivity contribution in [3.63, 3.8) is 0 Å². The lowest BCUT2D eigenvalue weighted by Gasteiger charge is -2.21. The van der Waals surface area contributed by atoms with Gasteiger partial charge in [0.15, 0.2) is 5.69 Å². The van der Waals surface area contributed by atoms with Gasteiger partial charge in [-0.05, 0) is 30.5 Å². The SMILES string of the molecule is COc1ccc(C(=O)NC[C@@H]2CCN(c3ccccc3OC)C2)nn1. The summed E-state index contributed by atoms with van der Waals surface area (Å²) in [4.78, 5) is 14.5. The largest absolute Gasteiger partial charge is 0.495 e. The van der Waals surface area contributed by atoms with E-state index in [1.54, 1.807) is 19.2 Å². The Balaban J connectivity index is 1.53. The van der Waals surface area contributed by atoms with Crippen molar-refractivity contribution >= 4 is 11.6 Å². The maximum Gasteiger partial charge on any atom is 0.271 e. The molecule has 7 nitrogen and oxygen atoms in total. The van der Waals surface area contributed by atoms with E-state index in [0.29, 0.717) is 24.0 Å². The number of carbonyl (C=O) groups excluding carboxylic acids is 1. The maximum atomic E-state index is 12.2. The number of rotatable bonds is 6. The lowest BCUT2D eigenvalue weighted by Crippen LogP contribution is -2.31. The molecule has 0 saturated carbocycles. The third-order valence-electron chi connectivity index (χ3n) is 4.34. The van der Waals surface area contributed by atoms with Crippen molar-refractivity contribution in [1.82, 2.24) is 15.5 Å². The molecule has 0 bridgehead atoms. The van der Waals surface area contributed by atoms with Gasteiger partial charge < -0.3 is 19.7 Å². The van der Waals surface area contributed by atoms with Crippen molar-refractivity contribution < 1.29 is 14.3 Å². The summed E-state index contributed by atoms with van der Waals surface area (Å²) in [7, 11) is 3.19. The minimum Gasteiger partial charge on any atom is -0.495 e. The molecule has 3 rings (SSSR count). The molecular weight excluding hydrogens is 320 g/mol. The van der Waals surface area contributed by atoms with Crippen LogP contribution in [-0.2, 0) is 0 Å². The van der Waals surface area contributed by atoms with Crippen molar-refractivity contribution in [2.24, 2.45) is 5.92 Å². The van der Waals surface area contributed by atoms with Gasteiger partial charge in [-0.15, -0.1) is 10.2 Å². The fourth-order valence-electron chi connectivity index (χ4n) is 2.99. The number of hydrogen-bond donors (Lipinski definition) is 1. The molecule has 0 unspecified atom stereocenters. The first-order valence-electron chi connectivity index (χ1n) is 8.25. The minimum atomic E-state index is -0.217. The Bertz CT molecular complexity index is 721. The monoisotopic (exact) mass is 342 g/mol. The number of carbonyl (C=O) groups is 1. The van der Waals surface area contributed by atoms with Crippen LogP contribution in [0.5, 0.6) is 11.6 Å². The number of nitrogens with one attached hydrogen (secondary N) is 1. The van der Waals surface area contributed by atoms with Gasteiger partial charge in [-0.1, -0.05) is 12.1 Å². The molecule has 1 aromatic heterocycles. The highest BCUT2D eigenvalue weighted by molar-refractivity contribution is 5.92. The van der Waals surface area contributed by atoms with Crippen LogP contribution in [0, 0.1) is 5.92 Å². The van der Waals surface area contributed by atoms with Crippen LogP contribution in [-0.4, -0.2) is 50.0 Å². The van der Waals surface area contributed by atoms with Gasteiger partial charge in [-0.25, -0.2) is 0 Å². The number of aromatic nitrogens is 2. The quantitative estimate of drug-likeness (QED) is 0.862. The molecular formula is C18H22N4O3. The first-order valence-corrected chi connectivity index (χ1v) is 8.25. The van der Waals surface area contributed by atoms with Gasteiger partial charge in [0.05, 0.1) is 19.9 Å². The van der Waals surface area contributed by atoms with Crippen LogP contribution < -0.4 is 19.7 Å². The van der Waals surface area contributed by atoms with E-state index in [1.807, 2.05) is 18.2 Å². The summed E-state index contributed by atoms with van der Waals surface area (Å²) in [5.41, 5.74) is 1.39. The van der Waals surface area contributed by atoms with Crippen LogP contribution in [0.4, 0.5) is 5.69 Å². The zero-order valence-corrected chi connectivity index (χ0v) is 14.4. The number of para-hydroxylation sites is 2. The number of benzene rings is 1. The van der Waals surface area contributed by atoms with Crippen LogP contribution in [0.25, 0.3) is 0 Å². The highest BCUT2D eigenvalue weighted by atomic mass is 16.5. The minimum absolute atomic E-state index is 0.217. The van der Waals surface area contributed by atoms with Crippen LogP contribution >= 0.6 is 0 Å². The fourth-order valence-corrected chi connectivity index (χ4v) is 2.99. The third kappa shape index (κ3) is 3.99. The predicted octanol–water partition coefficient (Wildman–Crippen LogP) is 1.75. The summed E-state index contributed by atoms with van der Waals surface area (Å²) in [5.74, 6) is 1.44. The van der Waals surface area contributed by atoms with E-state index in [1.165, 1.54) is 7.11 Å². The van der Waals surface area contributed by atoms with Crippen molar-refractivity contribution in [2.45, 2.75) is 6.42 Å². The summed E-state index contributed by atoms with van der Waals surface area (Å²) < 4.78 is 10.4. The van der Waals surface area contributed by atoms with Gasteiger partial charge in [0.2, 0.25) is 5.88 Å². The number of methoxy groups -OCH3 is 2. The Morgan fingerprint density at radius 1 is 1.20 bits per heavy atom. The van der Waals surface area contributed by atoms with Crippen LogP contribution in [0.1, 0.15) is 16.9 Å². The van der Waals surface area contributed by atoms with Crippen molar-refractivity contribution in [3.05, 3.63) is 42.1 Å². The molecule has 0 aliphatic carbocycles. The van der Waals surface area contributed by atoms with Gasteiger partial charge in [0, 0.05) is 25.7 Å². The first-order chi connectivity index (χ1) is 12.2. The summed E-state index contributed by atoms with van der Waals surface area (Å²) in [6.07, 6.45) is 1.02. The molecule has 1 saturated heterocycles. The second-order valence-corrected chi connectivity index (χ2v) is 5.94. The Kier molecular flexibility index (Phi) is 5.33. The summed E-state index contributed by atoms with van der Waals surface area (Å²) in [6, 6.07) is 11.2. The molecule has 2 aromatic rings. The third-order valence-corrected chi connectivity index (χ3v) is 4.34. The molecule has 2 heterocycles. The molecule has 25 heavy (non-hydrogen) atoms. The average molecular weight is 342 g/mol. The van der Waals surface area contributed by atoms with Crippen molar-refractivity contribution in [1.29, 1.82) is 0 Å². The molecule has 1 aliphatic rings. The molecule has 1 N–H and O–H groups in total. The lowest BCUT2D eigenvalue weighted by molar-refractivity contribution is 0.0942. The predicted molar refractivity (Wildman–Crippen MR) is 94.2 cm³/mol. The Morgan fingerprint density at radius 2 is 2.04 bits per heavy atom. The molecule has 0 spiro atoms. The average Bonchev–Trinajstić information content (AvgIpc) is 3.15. The van der Waals surface area contributed by atoms with Crippen LogP contribution in [0.2, 0.25) is 0 Å². The molecule has 132 valence electrons. The zero-order chi connectivity index (χ0) is 17.6. The number of amides is 1. The zero-order valence-electron chi connectivity index (χ0n) is 14.4. The Labute approximate surface area is 147 Å². The van der Waals surface area contributed by atoms with Gasteiger partial charge in [-0.3, -0.25) is 4.79 Å². The van der Waals surface area contributed by atoms with E-state index in [4.69, 9.17) is 9.47 Å². The van der Waals surface area contributed by atoms with Crippen molar-refractivity contribution in [3.8, 4) is 11.6 Å². The lowest BCUT2D eigenvalue weighted by atomic mass is 10.1. The standard InChI is InChI=1S/C18H22N4O3/c1-24-16-6-4-3-5-15(16)22-10-9-13(12-22)11-19-18(23)14-7-8-17(25-2)21-20-14/h3-8,13H,9-12H2,1-2H3,(H,19,23)/t13-/m0/s1. The molecule has 1 fully saturated rings. The van der Waals surface area contributed by atoms with E-state index in [2.05, 4.69) is 26.5 Å². The molecule has 0 radical (unpaired) electrons. The molecule has 7 heteroatoms. The van der Waals surface area contributed by atoms with Gasteiger partial charge in [-0.2, -0.15) is 0 Å². The number of anilines is 1. The van der Waals surface area contributed by atoms with Crippen LogP contribution in [0.3, 0.4) is 0 Å². The molecule has 1 aliphatic heterocycles. The number of nitrogens with zero attached hydrogens (tertiary/aromatic N) is 3. The van der Waals surface area contributed by atoms with Gasteiger partial charge in [0.25, 0.3) is 5.91 Å². The topological polar surface area (TPSA) is 76.6 Å². The smallest absolute Gasteiger partial charge is 0.271 e. The molecule has 1 amide bonds. The number of hydrogen-bond acceptors (Lipinski definition) is 6. The van der Waals surface area contributed by atoms with Gasteiger partial charge >= 0.3 is 0 Å². The van der Waals surface area contributed by atoms with E-state index >= 15 is 0 Å². The maximum absolute atomic E-state index is 12.2. The van der Waals surface area contributed by atoms with E-state index in [9.17, 15) is 4.79 Å². The normalized spacial score (nSPS) is 16.6.